The number of anilines is 1. The molecule has 1 unspecified atom stereocenters. The van der Waals surface area contributed by atoms with Crippen molar-refractivity contribution in [1.82, 2.24) is 0 Å². The number of nitrogens with one attached hydrogen (secondary N) is 1. The third-order valence-electron chi connectivity index (χ3n) is 4.35. The molecule has 1 amide bonds. The average molecular weight is 332 g/mol. The Balaban J connectivity index is 1.94. The SMILES string of the molecule is Cc1ccc(C2=NC=CC(=O)C2C(=O)Nc2c(C)cccc2C)cc1. The van der Waals surface area contributed by atoms with Crippen LogP contribution in [0.4, 0.5) is 5.69 Å². The minimum Gasteiger partial charge on any atom is -0.325 e. The molecule has 1 atom stereocenters. The maximum absolute atomic E-state index is 12.9. The lowest BCUT2D eigenvalue weighted by Gasteiger charge is -2.20. The molecule has 1 aliphatic rings. The van der Waals surface area contributed by atoms with Gasteiger partial charge in [0.15, 0.2) is 5.78 Å². The number of hydrogen-bond donors (Lipinski definition) is 1. The van der Waals surface area contributed by atoms with Gasteiger partial charge in [-0.2, -0.15) is 0 Å². The number of allylic oxidation sites excluding steroid dienone is 1. The number of aryl methyl sites for hydroxylation is 3. The average Bonchev–Trinajstić information content (AvgIpc) is 2.58. The summed E-state index contributed by atoms with van der Waals surface area (Å²) in [6.07, 6.45) is 2.81. The molecular weight excluding hydrogens is 312 g/mol. The molecule has 0 radical (unpaired) electrons. The van der Waals surface area contributed by atoms with Crippen molar-refractivity contribution in [2.75, 3.05) is 5.32 Å². The normalized spacial score (nSPS) is 16.5. The van der Waals surface area contributed by atoms with E-state index in [-0.39, 0.29) is 11.7 Å². The van der Waals surface area contributed by atoms with E-state index in [0.717, 1.165) is 27.9 Å². The van der Waals surface area contributed by atoms with E-state index in [1.54, 1.807) is 0 Å². The van der Waals surface area contributed by atoms with Gasteiger partial charge in [-0.05, 0) is 37.5 Å². The van der Waals surface area contributed by atoms with E-state index in [9.17, 15) is 9.59 Å². The highest BCUT2D eigenvalue weighted by Crippen LogP contribution is 2.23. The lowest BCUT2D eigenvalue weighted by Crippen LogP contribution is -2.37. The molecule has 126 valence electrons. The van der Waals surface area contributed by atoms with Gasteiger partial charge in [0, 0.05) is 18.0 Å². The molecule has 0 bridgehead atoms. The van der Waals surface area contributed by atoms with Crippen LogP contribution in [-0.2, 0) is 9.59 Å². The van der Waals surface area contributed by atoms with Gasteiger partial charge < -0.3 is 5.32 Å². The monoisotopic (exact) mass is 332 g/mol. The zero-order chi connectivity index (χ0) is 18.0. The maximum atomic E-state index is 12.9. The van der Waals surface area contributed by atoms with Crippen LogP contribution in [0.5, 0.6) is 0 Å². The topological polar surface area (TPSA) is 58.5 Å². The molecule has 2 aromatic carbocycles. The number of para-hydroxylation sites is 1. The van der Waals surface area contributed by atoms with Crippen LogP contribution in [0.25, 0.3) is 0 Å². The predicted octanol–water partition coefficient (Wildman–Crippen LogP) is 3.75. The lowest BCUT2D eigenvalue weighted by atomic mass is 9.89. The third-order valence-corrected chi connectivity index (χ3v) is 4.35. The molecule has 4 nitrogen and oxygen atoms in total. The highest BCUT2D eigenvalue weighted by atomic mass is 16.2. The molecule has 1 aliphatic heterocycles. The van der Waals surface area contributed by atoms with Crippen molar-refractivity contribution in [3.8, 4) is 0 Å². The van der Waals surface area contributed by atoms with Crippen molar-refractivity contribution >= 4 is 23.1 Å². The summed E-state index contributed by atoms with van der Waals surface area (Å²) >= 11 is 0. The number of nitrogens with zero attached hydrogens (tertiary/aromatic N) is 1. The summed E-state index contributed by atoms with van der Waals surface area (Å²) in [5, 5.41) is 2.92. The van der Waals surface area contributed by atoms with Crippen molar-refractivity contribution in [3.05, 3.63) is 77.0 Å². The van der Waals surface area contributed by atoms with Crippen LogP contribution in [-0.4, -0.2) is 17.4 Å². The molecule has 1 heterocycles. The summed E-state index contributed by atoms with van der Waals surface area (Å²) in [6.45, 7) is 5.85. The Morgan fingerprint density at radius 2 is 1.64 bits per heavy atom. The quantitative estimate of drug-likeness (QED) is 0.870. The van der Waals surface area contributed by atoms with Crippen LogP contribution >= 0.6 is 0 Å². The number of carbonyl (C=O) groups excluding carboxylic acids is 2. The molecule has 0 saturated heterocycles. The van der Waals surface area contributed by atoms with Crippen molar-refractivity contribution in [1.29, 1.82) is 0 Å². The van der Waals surface area contributed by atoms with Crippen molar-refractivity contribution in [2.24, 2.45) is 10.9 Å². The number of ketones is 1. The molecule has 0 saturated carbocycles. The van der Waals surface area contributed by atoms with Crippen molar-refractivity contribution in [2.45, 2.75) is 20.8 Å². The maximum Gasteiger partial charge on any atom is 0.241 e. The molecule has 0 aliphatic carbocycles. The smallest absolute Gasteiger partial charge is 0.241 e. The minimum atomic E-state index is -0.938. The molecule has 3 rings (SSSR count). The summed E-state index contributed by atoms with van der Waals surface area (Å²) in [7, 11) is 0. The first kappa shape index (κ1) is 16.8. The fraction of sp³-hybridized carbons (Fsp3) is 0.190. The third kappa shape index (κ3) is 3.43. The number of hydrogen-bond acceptors (Lipinski definition) is 3. The predicted molar refractivity (Wildman–Crippen MR) is 99.9 cm³/mol. The van der Waals surface area contributed by atoms with E-state index >= 15 is 0 Å². The van der Waals surface area contributed by atoms with E-state index in [0.29, 0.717) is 5.71 Å². The van der Waals surface area contributed by atoms with Crippen LogP contribution in [0.15, 0.2) is 59.7 Å². The van der Waals surface area contributed by atoms with Crippen LogP contribution in [0, 0.1) is 26.7 Å². The Morgan fingerprint density at radius 1 is 1.00 bits per heavy atom. The Labute approximate surface area is 147 Å². The fourth-order valence-corrected chi connectivity index (χ4v) is 2.92. The van der Waals surface area contributed by atoms with E-state index in [1.165, 1.54) is 12.3 Å². The Morgan fingerprint density at radius 3 is 2.28 bits per heavy atom. The van der Waals surface area contributed by atoms with E-state index in [1.807, 2.05) is 63.2 Å². The van der Waals surface area contributed by atoms with Crippen molar-refractivity contribution in [3.63, 3.8) is 0 Å². The first-order valence-corrected chi connectivity index (χ1v) is 8.19. The van der Waals surface area contributed by atoms with Gasteiger partial charge in [0.25, 0.3) is 0 Å². The van der Waals surface area contributed by atoms with E-state index in [4.69, 9.17) is 0 Å². The second-order valence-corrected chi connectivity index (χ2v) is 6.29. The summed E-state index contributed by atoms with van der Waals surface area (Å²) in [5.41, 5.74) is 5.04. The molecule has 0 spiro atoms. The lowest BCUT2D eigenvalue weighted by molar-refractivity contribution is -0.125. The number of benzene rings is 2. The van der Waals surface area contributed by atoms with Gasteiger partial charge in [-0.1, -0.05) is 48.0 Å². The van der Waals surface area contributed by atoms with Crippen LogP contribution < -0.4 is 5.32 Å². The summed E-state index contributed by atoms with van der Waals surface area (Å²) in [6, 6.07) is 13.5. The zero-order valence-corrected chi connectivity index (χ0v) is 14.5. The molecule has 1 N–H and O–H groups in total. The minimum absolute atomic E-state index is 0.255. The number of aliphatic imine (C=N–C) groups is 1. The largest absolute Gasteiger partial charge is 0.325 e. The second kappa shape index (κ2) is 6.85. The first-order chi connectivity index (χ1) is 12.0. The van der Waals surface area contributed by atoms with E-state index in [2.05, 4.69) is 10.3 Å². The molecule has 25 heavy (non-hydrogen) atoms. The van der Waals surface area contributed by atoms with Crippen LogP contribution in [0.2, 0.25) is 0 Å². The molecular formula is C21H20N2O2. The van der Waals surface area contributed by atoms with E-state index < -0.39 is 5.92 Å². The number of carbonyl (C=O) groups is 2. The highest BCUT2D eigenvalue weighted by molar-refractivity contribution is 6.31. The van der Waals surface area contributed by atoms with Crippen molar-refractivity contribution < 1.29 is 9.59 Å². The van der Waals surface area contributed by atoms with Gasteiger partial charge in [-0.3, -0.25) is 14.6 Å². The molecule has 0 aromatic heterocycles. The van der Waals surface area contributed by atoms with Gasteiger partial charge in [0.2, 0.25) is 5.91 Å². The number of rotatable bonds is 3. The first-order valence-electron chi connectivity index (χ1n) is 8.19. The van der Waals surface area contributed by atoms with Gasteiger partial charge in [-0.15, -0.1) is 0 Å². The van der Waals surface area contributed by atoms with Gasteiger partial charge >= 0.3 is 0 Å². The van der Waals surface area contributed by atoms with Gasteiger partial charge in [-0.25, -0.2) is 0 Å². The highest BCUT2D eigenvalue weighted by Gasteiger charge is 2.33. The second-order valence-electron chi connectivity index (χ2n) is 6.29. The molecule has 0 fully saturated rings. The summed E-state index contributed by atoms with van der Waals surface area (Å²) < 4.78 is 0. The fourth-order valence-electron chi connectivity index (χ4n) is 2.92. The summed E-state index contributed by atoms with van der Waals surface area (Å²) in [5.74, 6) is -1.55. The standard InChI is InChI=1S/C21H20N2O2/c1-13-7-9-16(10-8-13)20-18(17(24)11-12-22-20)21(25)23-19-14(2)5-4-6-15(19)3/h4-12,18H,1-3H3,(H,23,25). The van der Waals surface area contributed by atoms with Crippen LogP contribution in [0.3, 0.4) is 0 Å². The van der Waals surface area contributed by atoms with Gasteiger partial charge in [0.1, 0.15) is 5.92 Å². The zero-order valence-electron chi connectivity index (χ0n) is 14.5. The van der Waals surface area contributed by atoms with Crippen LogP contribution in [0.1, 0.15) is 22.3 Å². The Kier molecular flexibility index (Phi) is 4.61. The molecule has 4 heteroatoms. The number of amides is 1. The Bertz CT molecular complexity index is 872. The molecule has 2 aromatic rings. The Hall–Kier alpha value is -3.01. The van der Waals surface area contributed by atoms with Gasteiger partial charge in [0.05, 0.1) is 5.71 Å². The summed E-state index contributed by atoms with van der Waals surface area (Å²) in [4.78, 5) is 29.6.